The second-order valence-electron chi connectivity index (χ2n) is 6.25. The number of rotatable bonds is 3. The van der Waals surface area contributed by atoms with Gasteiger partial charge in [-0.15, -0.1) is 0 Å². The molecule has 0 aromatic heterocycles. The van der Waals surface area contributed by atoms with Crippen LogP contribution in [0.2, 0.25) is 0 Å². The summed E-state index contributed by atoms with van der Waals surface area (Å²) in [4.78, 5) is 12.7. The van der Waals surface area contributed by atoms with E-state index in [9.17, 15) is 23.1 Å². The van der Waals surface area contributed by atoms with Crippen LogP contribution in [0.3, 0.4) is 0 Å². The van der Waals surface area contributed by atoms with Crippen LogP contribution in [0.5, 0.6) is 5.75 Å². The zero-order valence-electron chi connectivity index (χ0n) is 14.6. The summed E-state index contributed by atoms with van der Waals surface area (Å²) in [6, 6.07) is 12.3. The molecular weight excluding hydrogens is 361 g/mol. The molecule has 1 aliphatic heterocycles. The van der Waals surface area contributed by atoms with Crippen molar-refractivity contribution in [2.45, 2.75) is 25.2 Å². The number of hydrogen-bond acceptors (Lipinski definition) is 4. The lowest BCUT2D eigenvalue weighted by molar-refractivity contribution is -0.297. The molecule has 0 fully saturated rings. The number of halogens is 3. The molecule has 27 heavy (non-hydrogen) atoms. The molecule has 0 saturated carbocycles. The Kier molecular flexibility index (Phi) is 4.69. The van der Waals surface area contributed by atoms with Crippen LogP contribution in [-0.2, 0) is 0 Å². The molecule has 0 bridgehead atoms. The van der Waals surface area contributed by atoms with Crippen LogP contribution in [-0.4, -0.2) is 40.7 Å². The van der Waals surface area contributed by atoms with E-state index in [4.69, 9.17) is 4.74 Å². The minimum Gasteiger partial charge on any atom is -0.497 e. The van der Waals surface area contributed by atoms with Gasteiger partial charge in [0.25, 0.3) is 11.6 Å². The highest BCUT2D eigenvalue weighted by molar-refractivity contribution is 6.05. The highest BCUT2D eigenvalue weighted by Crippen LogP contribution is 2.42. The number of methoxy groups -OCH3 is 1. The summed E-state index contributed by atoms with van der Waals surface area (Å²) in [5, 5.41) is 14.3. The second kappa shape index (κ2) is 6.70. The van der Waals surface area contributed by atoms with Crippen molar-refractivity contribution in [1.82, 2.24) is 5.01 Å². The fourth-order valence-corrected chi connectivity index (χ4v) is 2.76. The molecule has 142 valence electrons. The molecule has 0 saturated heterocycles. The number of aliphatic hydroxyl groups is 1. The molecule has 1 aliphatic rings. The van der Waals surface area contributed by atoms with Gasteiger partial charge >= 0.3 is 6.18 Å². The van der Waals surface area contributed by atoms with Crippen molar-refractivity contribution in [2.24, 2.45) is 5.10 Å². The van der Waals surface area contributed by atoms with E-state index >= 15 is 0 Å². The monoisotopic (exact) mass is 378 g/mol. The predicted molar refractivity (Wildman–Crippen MR) is 92.5 cm³/mol. The minimum atomic E-state index is -5.09. The van der Waals surface area contributed by atoms with Crippen molar-refractivity contribution >= 4 is 11.6 Å². The van der Waals surface area contributed by atoms with E-state index in [1.165, 1.54) is 25.3 Å². The molecule has 0 aliphatic carbocycles. The Balaban J connectivity index is 2.04. The van der Waals surface area contributed by atoms with Crippen LogP contribution in [0.1, 0.15) is 27.9 Å². The van der Waals surface area contributed by atoms with Crippen LogP contribution >= 0.6 is 0 Å². The molecule has 1 N–H and O–H groups in total. The lowest BCUT2D eigenvalue weighted by atomic mass is 10.00. The average molecular weight is 378 g/mol. The first-order valence-corrected chi connectivity index (χ1v) is 8.08. The van der Waals surface area contributed by atoms with Gasteiger partial charge in [-0.1, -0.05) is 35.9 Å². The minimum absolute atomic E-state index is 0.0222. The van der Waals surface area contributed by atoms with Gasteiger partial charge in [0, 0.05) is 5.56 Å². The van der Waals surface area contributed by atoms with Gasteiger partial charge in [0.05, 0.1) is 19.2 Å². The van der Waals surface area contributed by atoms with E-state index in [1.807, 2.05) is 6.92 Å². The second-order valence-corrected chi connectivity index (χ2v) is 6.25. The first kappa shape index (κ1) is 18.9. The maximum atomic E-state index is 13.6. The average Bonchev–Trinajstić information content (AvgIpc) is 3.00. The molecule has 8 heteroatoms. The molecule has 0 radical (unpaired) electrons. The number of hydrazone groups is 1. The summed E-state index contributed by atoms with van der Waals surface area (Å²) in [6.45, 7) is 1.84. The molecule has 0 unspecified atom stereocenters. The molecule has 1 heterocycles. The summed E-state index contributed by atoms with van der Waals surface area (Å²) in [7, 11) is 1.37. The number of carbonyl (C=O) groups excluding carboxylic acids is 1. The number of benzene rings is 2. The SMILES string of the molecule is COc1cccc(C(=O)N2N=C(c3ccc(C)cc3)C[C@@]2(O)C(F)(F)F)c1. The Hall–Kier alpha value is -2.87. The van der Waals surface area contributed by atoms with Gasteiger partial charge in [-0.25, -0.2) is 0 Å². The standard InChI is InChI=1S/C19H17F3N2O3/c1-12-6-8-13(9-7-12)16-11-18(26,19(20,21)22)24(23-16)17(25)14-4-3-5-15(10-14)27-2/h3-10,26H,11H2,1-2H3/t18-/m1/s1. The lowest BCUT2D eigenvalue weighted by Crippen LogP contribution is -2.56. The fourth-order valence-electron chi connectivity index (χ4n) is 2.76. The van der Waals surface area contributed by atoms with Crippen LogP contribution in [0, 0.1) is 6.92 Å². The first-order chi connectivity index (χ1) is 12.7. The van der Waals surface area contributed by atoms with Crippen molar-refractivity contribution in [3.63, 3.8) is 0 Å². The van der Waals surface area contributed by atoms with Crippen molar-refractivity contribution in [3.05, 3.63) is 65.2 Å². The summed E-state index contributed by atoms with van der Waals surface area (Å²) < 4.78 is 45.9. The third-order valence-corrected chi connectivity index (χ3v) is 4.33. The van der Waals surface area contributed by atoms with Crippen LogP contribution in [0.4, 0.5) is 13.2 Å². The van der Waals surface area contributed by atoms with Gasteiger partial charge in [0.1, 0.15) is 5.75 Å². The van der Waals surface area contributed by atoms with Crippen molar-refractivity contribution in [1.29, 1.82) is 0 Å². The molecule has 0 spiro atoms. The quantitative estimate of drug-likeness (QED) is 0.889. The zero-order valence-corrected chi connectivity index (χ0v) is 14.6. The number of hydrogen-bond donors (Lipinski definition) is 1. The number of amides is 1. The lowest BCUT2D eigenvalue weighted by Gasteiger charge is -2.32. The van der Waals surface area contributed by atoms with Crippen LogP contribution < -0.4 is 4.74 Å². The Morgan fingerprint density at radius 2 is 1.89 bits per heavy atom. The zero-order chi connectivity index (χ0) is 19.8. The molecule has 2 aromatic rings. The largest absolute Gasteiger partial charge is 0.497 e. The Labute approximate surface area is 153 Å². The molecular formula is C19H17F3N2O3. The number of ether oxygens (including phenoxy) is 1. The van der Waals surface area contributed by atoms with E-state index in [-0.39, 0.29) is 16.3 Å². The van der Waals surface area contributed by atoms with E-state index in [0.717, 1.165) is 5.56 Å². The summed E-state index contributed by atoms with van der Waals surface area (Å²) in [5.74, 6) is -0.769. The number of nitrogens with zero attached hydrogens (tertiary/aromatic N) is 2. The Morgan fingerprint density at radius 3 is 2.48 bits per heavy atom. The highest BCUT2D eigenvalue weighted by Gasteiger charge is 2.63. The number of carbonyl (C=O) groups is 1. The summed E-state index contributed by atoms with van der Waals surface area (Å²) in [6.07, 6.45) is -5.94. The molecule has 2 aromatic carbocycles. The Bertz CT molecular complexity index is 894. The molecule has 5 nitrogen and oxygen atoms in total. The predicted octanol–water partition coefficient (Wildman–Crippen LogP) is 3.50. The fraction of sp³-hybridized carbons (Fsp3) is 0.263. The topological polar surface area (TPSA) is 62.1 Å². The normalized spacial score (nSPS) is 19.8. The van der Waals surface area contributed by atoms with Crippen molar-refractivity contribution < 1.29 is 27.8 Å². The van der Waals surface area contributed by atoms with E-state index in [1.54, 1.807) is 30.3 Å². The molecule has 1 amide bonds. The van der Waals surface area contributed by atoms with Crippen LogP contribution in [0.25, 0.3) is 0 Å². The maximum Gasteiger partial charge on any atom is 0.438 e. The highest BCUT2D eigenvalue weighted by atomic mass is 19.4. The first-order valence-electron chi connectivity index (χ1n) is 8.08. The van der Waals surface area contributed by atoms with Gasteiger partial charge in [-0.2, -0.15) is 23.3 Å². The smallest absolute Gasteiger partial charge is 0.438 e. The third-order valence-electron chi connectivity index (χ3n) is 4.33. The van der Waals surface area contributed by atoms with E-state index in [2.05, 4.69) is 5.10 Å². The Morgan fingerprint density at radius 1 is 1.22 bits per heavy atom. The van der Waals surface area contributed by atoms with Gasteiger partial charge in [0.15, 0.2) is 0 Å². The summed E-state index contributed by atoms with van der Waals surface area (Å²) >= 11 is 0. The number of aryl methyl sites for hydroxylation is 1. The van der Waals surface area contributed by atoms with E-state index in [0.29, 0.717) is 11.3 Å². The van der Waals surface area contributed by atoms with Crippen molar-refractivity contribution in [3.8, 4) is 5.75 Å². The van der Waals surface area contributed by atoms with Gasteiger partial charge in [-0.05, 0) is 30.7 Å². The van der Waals surface area contributed by atoms with Gasteiger partial charge in [-0.3, -0.25) is 4.79 Å². The maximum absolute atomic E-state index is 13.6. The van der Waals surface area contributed by atoms with Gasteiger partial charge < -0.3 is 9.84 Å². The number of alkyl halides is 3. The van der Waals surface area contributed by atoms with Crippen molar-refractivity contribution in [2.75, 3.05) is 7.11 Å². The van der Waals surface area contributed by atoms with Gasteiger partial charge in [0.2, 0.25) is 0 Å². The molecule has 3 rings (SSSR count). The molecule has 1 atom stereocenters. The summed E-state index contributed by atoms with van der Waals surface area (Å²) in [5.41, 5.74) is -2.19. The van der Waals surface area contributed by atoms with Crippen LogP contribution in [0.15, 0.2) is 53.6 Å². The third kappa shape index (κ3) is 3.40. The van der Waals surface area contributed by atoms with E-state index < -0.39 is 24.2 Å².